The molecular weight excluding hydrogens is 456 g/mol. The highest BCUT2D eigenvalue weighted by Gasteiger charge is 2.33. The summed E-state index contributed by atoms with van der Waals surface area (Å²) < 4.78 is 18.0. The molecule has 176 valence electrons. The lowest BCUT2D eigenvalue weighted by Crippen LogP contribution is -2.39. The number of carbonyl (C=O) groups is 1. The molecule has 2 aromatic carbocycles. The van der Waals surface area contributed by atoms with E-state index in [1.165, 1.54) is 30.1 Å². The number of aromatic nitrogens is 1. The van der Waals surface area contributed by atoms with E-state index in [4.69, 9.17) is 14.2 Å². The number of phenolic OH excluding ortho intramolecular Hbond substituents is 1. The molecule has 1 aromatic heterocycles. The highest BCUT2D eigenvalue weighted by Crippen LogP contribution is 2.36. The number of hydrogen-bond donors (Lipinski definition) is 1. The number of nitrogens with zero attached hydrogens (tertiary/aromatic N) is 2. The standard InChI is InChI=1S/C25H24N2O6S/c1-5-33-24(30)21-14(2)26-25-27(22(21)16-10-11-18(31-3)19(12-16)32-4)23(29)20(34-25)13-15-8-6-7-9-17(15)28/h6-13,22,28H,5H2,1-4H3/b20-13-/t22-/m1/s1. The quantitative estimate of drug-likeness (QED) is 0.545. The van der Waals surface area contributed by atoms with Gasteiger partial charge in [0, 0.05) is 5.56 Å². The topological polar surface area (TPSA) is 99.4 Å². The van der Waals surface area contributed by atoms with E-state index in [0.717, 1.165) is 0 Å². The molecule has 4 rings (SSSR count). The zero-order valence-electron chi connectivity index (χ0n) is 19.2. The smallest absolute Gasteiger partial charge is 0.338 e. The van der Waals surface area contributed by atoms with Gasteiger partial charge in [-0.05, 0) is 43.7 Å². The van der Waals surface area contributed by atoms with Gasteiger partial charge in [0.05, 0.1) is 42.7 Å². The summed E-state index contributed by atoms with van der Waals surface area (Å²) in [7, 11) is 3.06. The Morgan fingerprint density at radius 1 is 1.18 bits per heavy atom. The fourth-order valence-corrected chi connectivity index (χ4v) is 4.92. The van der Waals surface area contributed by atoms with Gasteiger partial charge in [-0.1, -0.05) is 35.6 Å². The van der Waals surface area contributed by atoms with Crippen LogP contribution in [0.5, 0.6) is 17.2 Å². The Morgan fingerprint density at radius 3 is 2.59 bits per heavy atom. The van der Waals surface area contributed by atoms with Crippen LogP contribution in [0.2, 0.25) is 0 Å². The molecule has 3 aromatic rings. The van der Waals surface area contributed by atoms with Gasteiger partial charge in [0.2, 0.25) is 0 Å². The largest absolute Gasteiger partial charge is 0.507 e. The van der Waals surface area contributed by atoms with Crippen molar-refractivity contribution in [2.24, 2.45) is 4.99 Å². The molecule has 0 aliphatic carbocycles. The summed E-state index contributed by atoms with van der Waals surface area (Å²) in [5.41, 5.74) is 1.56. The average Bonchev–Trinajstić information content (AvgIpc) is 3.13. The van der Waals surface area contributed by atoms with Crippen molar-refractivity contribution in [3.63, 3.8) is 0 Å². The first kappa shape index (κ1) is 23.3. The van der Waals surface area contributed by atoms with Crippen LogP contribution in [0.1, 0.15) is 31.0 Å². The summed E-state index contributed by atoms with van der Waals surface area (Å²) in [6.07, 6.45) is 1.62. The van der Waals surface area contributed by atoms with E-state index < -0.39 is 12.0 Å². The van der Waals surface area contributed by atoms with Gasteiger partial charge in [-0.15, -0.1) is 0 Å². The van der Waals surface area contributed by atoms with Crippen molar-refractivity contribution >= 4 is 23.4 Å². The molecule has 0 bridgehead atoms. The molecule has 0 spiro atoms. The molecule has 2 heterocycles. The Balaban J connectivity index is 1.99. The van der Waals surface area contributed by atoms with Crippen LogP contribution >= 0.6 is 11.3 Å². The summed E-state index contributed by atoms with van der Waals surface area (Å²) in [6.45, 7) is 3.63. The SMILES string of the molecule is CCOC(=O)C1=C(C)N=c2s/c(=C\c3ccccc3O)c(=O)n2[C@@H]1c1ccc(OC)c(OC)c1. The molecular formula is C25H24N2O6S. The number of esters is 1. The molecule has 1 N–H and O–H groups in total. The number of fused-ring (bicyclic) bond motifs is 1. The summed E-state index contributed by atoms with van der Waals surface area (Å²) in [6, 6.07) is 11.2. The second-order valence-corrected chi connectivity index (χ2v) is 8.48. The normalized spacial score (nSPS) is 15.5. The predicted octanol–water partition coefficient (Wildman–Crippen LogP) is 2.52. The molecule has 0 saturated carbocycles. The molecule has 0 unspecified atom stereocenters. The number of benzene rings is 2. The van der Waals surface area contributed by atoms with Crippen molar-refractivity contribution in [3.05, 3.63) is 84.5 Å². The maximum Gasteiger partial charge on any atom is 0.338 e. The summed E-state index contributed by atoms with van der Waals surface area (Å²) in [5, 5.41) is 10.2. The van der Waals surface area contributed by atoms with Gasteiger partial charge >= 0.3 is 5.97 Å². The average molecular weight is 481 g/mol. The molecule has 0 radical (unpaired) electrons. The minimum Gasteiger partial charge on any atom is -0.507 e. The number of allylic oxidation sites excluding steroid dienone is 1. The second-order valence-electron chi connectivity index (χ2n) is 7.48. The first-order valence-electron chi connectivity index (χ1n) is 10.6. The van der Waals surface area contributed by atoms with Crippen LogP contribution in [-0.2, 0) is 9.53 Å². The van der Waals surface area contributed by atoms with Crippen molar-refractivity contribution in [2.75, 3.05) is 20.8 Å². The summed E-state index contributed by atoms with van der Waals surface area (Å²) in [5.74, 6) is 0.512. The number of hydrogen-bond acceptors (Lipinski definition) is 8. The lowest BCUT2D eigenvalue weighted by molar-refractivity contribution is -0.139. The third-order valence-electron chi connectivity index (χ3n) is 5.46. The van der Waals surface area contributed by atoms with Crippen molar-refractivity contribution in [1.82, 2.24) is 4.57 Å². The number of phenols is 1. The summed E-state index contributed by atoms with van der Waals surface area (Å²) >= 11 is 1.19. The Hall–Kier alpha value is -3.85. The fraction of sp³-hybridized carbons (Fsp3) is 0.240. The molecule has 0 amide bonds. The van der Waals surface area contributed by atoms with Crippen molar-refractivity contribution in [1.29, 1.82) is 0 Å². The first-order chi connectivity index (χ1) is 16.4. The molecule has 9 heteroatoms. The maximum atomic E-state index is 13.6. The molecule has 1 aliphatic heterocycles. The van der Waals surface area contributed by atoms with E-state index in [0.29, 0.717) is 37.7 Å². The van der Waals surface area contributed by atoms with Gasteiger partial charge in [-0.3, -0.25) is 9.36 Å². The fourth-order valence-electron chi connectivity index (χ4n) is 3.88. The van der Waals surface area contributed by atoms with Crippen LogP contribution in [0.15, 0.2) is 63.5 Å². The van der Waals surface area contributed by atoms with E-state index in [-0.39, 0.29) is 23.5 Å². The molecule has 34 heavy (non-hydrogen) atoms. The van der Waals surface area contributed by atoms with Gasteiger partial charge in [-0.25, -0.2) is 9.79 Å². The third-order valence-corrected chi connectivity index (χ3v) is 6.45. The number of para-hydroxylation sites is 1. The van der Waals surface area contributed by atoms with Crippen LogP contribution in [0.4, 0.5) is 0 Å². The van der Waals surface area contributed by atoms with E-state index in [1.807, 2.05) is 0 Å². The second kappa shape index (κ2) is 9.56. The molecule has 1 aliphatic rings. The van der Waals surface area contributed by atoms with Gasteiger partial charge in [0.25, 0.3) is 5.56 Å². The van der Waals surface area contributed by atoms with Crippen LogP contribution in [0, 0.1) is 0 Å². The molecule has 1 atom stereocenters. The van der Waals surface area contributed by atoms with Gasteiger partial charge < -0.3 is 19.3 Å². The van der Waals surface area contributed by atoms with Crippen LogP contribution in [0.3, 0.4) is 0 Å². The molecule has 0 saturated heterocycles. The lowest BCUT2D eigenvalue weighted by Gasteiger charge is -2.25. The first-order valence-corrected chi connectivity index (χ1v) is 11.4. The van der Waals surface area contributed by atoms with Crippen LogP contribution < -0.4 is 24.4 Å². The number of ether oxygens (including phenoxy) is 3. The van der Waals surface area contributed by atoms with E-state index in [1.54, 1.807) is 62.4 Å². The van der Waals surface area contributed by atoms with Crippen molar-refractivity contribution in [3.8, 4) is 17.2 Å². The third kappa shape index (κ3) is 4.10. The number of methoxy groups -OCH3 is 2. The van der Waals surface area contributed by atoms with E-state index in [2.05, 4.69) is 4.99 Å². The molecule has 0 fully saturated rings. The number of aromatic hydroxyl groups is 1. The van der Waals surface area contributed by atoms with E-state index in [9.17, 15) is 14.7 Å². The highest BCUT2D eigenvalue weighted by molar-refractivity contribution is 7.07. The Kier molecular flexibility index (Phi) is 6.56. The zero-order valence-corrected chi connectivity index (χ0v) is 20.0. The highest BCUT2D eigenvalue weighted by atomic mass is 32.1. The maximum absolute atomic E-state index is 13.6. The van der Waals surface area contributed by atoms with Crippen molar-refractivity contribution in [2.45, 2.75) is 19.9 Å². The Bertz CT molecular complexity index is 1470. The predicted molar refractivity (Wildman–Crippen MR) is 128 cm³/mol. The van der Waals surface area contributed by atoms with Crippen LogP contribution in [0.25, 0.3) is 6.08 Å². The van der Waals surface area contributed by atoms with Gasteiger partial charge in [0.15, 0.2) is 16.3 Å². The van der Waals surface area contributed by atoms with E-state index >= 15 is 0 Å². The number of thiazole rings is 1. The summed E-state index contributed by atoms with van der Waals surface area (Å²) in [4.78, 5) is 31.6. The number of rotatable bonds is 6. The zero-order chi connectivity index (χ0) is 24.4. The molecule has 8 nitrogen and oxygen atoms in total. The monoisotopic (exact) mass is 480 g/mol. The van der Waals surface area contributed by atoms with Crippen LogP contribution in [-0.4, -0.2) is 36.5 Å². The number of carbonyl (C=O) groups excluding carboxylic acids is 1. The minimum atomic E-state index is -0.776. The van der Waals surface area contributed by atoms with Gasteiger partial charge in [-0.2, -0.15) is 0 Å². The lowest BCUT2D eigenvalue weighted by atomic mass is 9.95. The minimum absolute atomic E-state index is 0.0631. The van der Waals surface area contributed by atoms with Gasteiger partial charge in [0.1, 0.15) is 5.75 Å². The Labute approximate surface area is 199 Å². The Morgan fingerprint density at radius 2 is 1.91 bits per heavy atom. The van der Waals surface area contributed by atoms with Crippen molar-refractivity contribution < 1.29 is 24.1 Å².